The summed E-state index contributed by atoms with van der Waals surface area (Å²) in [4.78, 5) is 7.26. The SMILES string of the molecule is c1ccc(-c2cccc(-n3c4c(c5ccccc53)-c3ccccc3N(c3cncc(-c5cccc6ccccc56)c3)c3ccccc3-4)c2)cc1. The van der Waals surface area contributed by atoms with Gasteiger partial charge in [0.1, 0.15) is 0 Å². The molecule has 2 aromatic heterocycles. The second kappa shape index (κ2) is 11.5. The molecule has 1 aliphatic rings. The Balaban J connectivity index is 1.25. The van der Waals surface area contributed by atoms with Crippen LogP contribution < -0.4 is 4.90 Å². The molecule has 3 heteroatoms. The predicted octanol–water partition coefficient (Wildman–Crippen LogP) is 12.6. The third-order valence-corrected chi connectivity index (χ3v) is 9.98. The van der Waals surface area contributed by atoms with Gasteiger partial charge in [-0.2, -0.15) is 0 Å². The molecule has 0 radical (unpaired) electrons. The van der Waals surface area contributed by atoms with Crippen molar-refractivity contribution in [2.24, 2.45) is 0 Å². The molecule has 7 aromatic carbocycles. The summed E-state index contributed by atoms with van der Waals surface area (Å²) in [6.07, 6.45) is 3.98. The summed E-state index contributed by atoms with van der Waals surface area (Å²) in [7, 11) is 0. The molecule has 0 spiro atoms. The fourth-order valence-electron chi connectivity index (χ4n) is 7.82. The molecule has 0 amide bonds. The Morgan fingerprint density at radius 2 is 1.02 bits per heavy atom. The Bertz CT molecular complexity index is 2720. The quantitative estimate of drug-likeness (QED) is 0.191. The van der Waals surface area contributed by atoms with E-state index in [2.05, 4.69) is 185 Å². The fourth-order valence-corrected chi connectivity index (χ4v) is 7.82. The molecule has 9 aromatic rings. The highest BCUT2D eigenvalue weighted by Gasteiger charge is 2.31. The molecule has 10 rings (SSSR count). The minimum absolute atomic E-state index is 1.02. The number of anilines is 3. The topological polar surface area (TPSA) is 21.1 Å². The first-order valence-corrected chi connectivity index (χ1v) is 17.0. The zero-order valence-corrected chi connectivity index (χ0v) is 27.2. The van der Waals surface area contributed by atoms with Crippen molar-refractivity contribution in [3.63, 3.8) is 0 Å². The number of nitrogens with zero attached hydrogens (tertiary/aromatic N) is 3. The Morgan fingerprint density at radius 1 is 0.400 bits per heavy atom. The first kappa shape index (κ1) is 28.3. The van der Waals surface area contributed by atoms with Gasteiger partial charge >= 0.3 is 0 Å². The van der Waals surface area contributed by atoms with E-state index in [0.29, 0.717) is 0 Å². The number of fused-ring (bicyclic) bond motifs is 8. The van der Waals surface area contributed by atoms with E-state index in [0.717, 1.165) is 33.9 Å². The van der Waals surface area contributed by atoms with Crippen LogP contribution >= 0.6 is 0 Å². The number of para-hydroxylation sites is 3. The molecule has 0 fully saturated rings. The Labute approximate surface area is 291 Å². The molecule has 0 N–H and O–H groups in total. The summed E-state index contributed by atoms with van der Waals surface area (Å²) in [6.45, 7) is 0. The molecule has 0 atom stereocenters. The second-order valence-corrected chi connectivity index (χ2v) is 12.8. The highest BCUT2D eigenvalue weighted by atomic mass is 15.2. The Morgan fingerprint density at radius 3 is 1.90 bits per heavy atom. The van der Waals surface area contributed by atoms with Gasteiger partial charge in [0.05, 0.1) is 34.5 Å². The summed E-state index contributed by atoms with van der Waals surface area (Å²) >= 11 is 0. The maximum absolute atomic E-state index is 4.86. The zero-order chi connectivity index (χ0) is 33.0. The van der Waals surface area contributed by atoms with E-state index in [1.807, 2.05) is 12.4 Å². The Hall–Kier alpha value is -6.71. The summed E-state index contributed by atoms with van der Waals surface area (Å²) < 4.78 is 2.46. The summed E-state index contributed by atoms with van der Waals surface area (Å²) in [6, 6.07) is 63.3. The van der Waals surface area contributed by atoms with Crippen LogP contribution in [-0.2, 0) is 0 Å². The second-order valence-electron chi connectivity index (χ2n) is 12.8. The minimum Gasteiger partial charge on any atom is -0.309 e. The molecule has 0 saturated carbocycles. The van der Waals surface area contributed by atoms with Crippen LogP contribution in [0.3, 0.4) is 0 Å². The number of hydrogen-bond donors (Lipinski definition) is 0. The maximum Gasteiger partial charge on any atom is 0.0651 e. The molecule has 50 heavy (non-hydrogen) atoms. The van der Waals surface area contributed by atoms with Crippen molar-refractivity contribution < 1.29 is 0 Å². The van der Waals surface area contributed by atoms with Crippen molar-refractivity contribution in [2.45, 2.75) is 0 Å². The van der Waals surface area contributed by atoms with Crippen molar-refractivity contribution in [1.29, 1.82) is 0 Å². The molecule has 3 nitrogen and oxygen atoms in total. The third-order valence-electron chi connectivity index (χ3n) is 9.98. The van der Waals surface area contributed by atoms with Crippen LogP contribution in [0.25, 0.3) is 72.0 Å². The average Bonchev–Trinajstić information content (AvgIpc) is 3.47. The monoisotopic (exact) mass is 637 g/mol. The number of pyridine rings is 1. The van der Waals surface area contributed by atoms with E-state index in [9.17, 15) is 0 Å². The lowest BCUT2D eigenvalue weighted by molar-refractivity contribution is 1.13. The van der Waals surface area contributed by atoms with Gasteiger partial charge in [0.15, 0.2) is 0 Å². The predicted molar refractivity (Wildman–Crippen MR) is 209 cm³/mol. The van der Waals surface area contributed by atoms with Crippen LogP contribution in [0.5, 0.6) is 0 Å². The van der Waals surface area contributed by atoms with Crippen LogP contribution in [0.2, 0.25) is 0 Å². The molecule has 1 aliphatic heterocycles. The van der Waals surface area contributed by atoms with Gasteiger partial charge in [0.25, 0.3) is 0 Å². The first-order chi connectivity index (χ1) is 24.8. The molecule has 0 aliphatic carbocycles. The van der Waals surface area contributed by atoms with E-state index in [1.54, 1.807) is 0 Å². The molecule has 3 heterocycles. The van der Waals surface area contributed by atoms with E-state index < -0.39 is 0 Å². The van der Waals surface area contributed by atoms with Gasteiger partial charge in [-0.3, -0.25) is 4.98 Å². The van der Waals surface area contributed by atoms with Crippen molar-refractivity contribution in [1.82, 2.24) is 9.55 Å². The lowest BCUT2D eigenvalue weighted by Crippen LogP contribution is -2.11. The number of rotatable bonds is 4. The Kier molecular flexibility index (Phi) is 6.49. The third kappa shape index (κ3) is 4.41. The standard InChI is InChI=1S/C47H31N3/c1-2-14-32(15-3-1)34-18-12-19-36(28-34)50-44-26-10-7-22-41(44)46-40-21-6-9-25-43(40)49(45-27-11-8-23-42(45)47(46)50)37-29-35(30-48-31-37)39-24-13-17-33-16-4-5-20-38(33)39/h1-31H. The smallest absolute Gasteiger partial charge is 0.0651 e. The van der Waals surface area contributed by atoms with Gasteiger partial charge in [-0.15, -0.1) is 0 Å². The van der Waals surface area contributed by atoms with Gasteiger partial charge in [-0.25, -0.2) is 0 Å². The lowest BCUT2D eigenvalue weighted by Gasteiger charge is -2.27. The number of aromatic nitrogens is 2. The first-order valence-electron chi connectivity index (χ1n) is 17.0. The van der Waals surface area contributed by atoms with Gasteiger partial charge in [0, 0.05) is 39.5 Å². The van der Waals surface area contributed by atoms with E-state index >= 15 is 0 Å². The normalized spacial score (nSPS) is 12.0. The van der Waals surface area contributed by atoms with Crippen molar-refractivity contribution >= 4 is 38.7 Å². The van der Waals surface area contributed by atoms with Crippen molar-refractivity contribution in [2.75, 3.05) is 4.90 Å². The molecule has 0 saturated heterocycles. The van der Waals surface area contributed by atoms with Crippen LogP contribution in [0.15, 0.2) is 188 Å². The van der Waals surface area contributed by atoms with E-state index in [4.69, 9.17) is 4.98 Å². The van der Waals surface area contributed by atoms with Gasteiger partial charge < -0.3 is 9.47 Å². The lowest BCUT2D eigenvalue weighted by atomic mass is 9.98. The number of hydrogen-bond acceptors (Lipinski definition) is 2. The van der Waals surface area contributed by atoms with Gasteiger partial charge in [-0.05, 0) is 63.9 Å². The summed E-state index contributed by atoms with van der Waals surface area (Å²) in [5.41, 5.74) is 15.0. The van der Waals surface area contributed by atoms with Crippen LogP contribution in [0, 0.1) is 0 Å². The highest BCUT2D eigenvalue weighted by molar-refractivity contribution is 6.13. The van der Waals surface area contributed by atoms with Crippen LogP contribution in [0.1, 0.15) is 0 Å². The largest absolute Gasteiger partial charge is 0.309 e. The summed E-state index contributed by atoms with van der Waals surface area (Å²) in [5, 5.41) is 3.66. The zero-order valence-electron chi connectivity index (χ0n) is 27.2. The fraction of sp³-hybridized carbons (Fsp3) is 0. The molecule has 234 valence electrons. The van der Waals surface area contributed by atoms with Crippen molar-refractivity contribution in [3.05, 3.63) is 188 Å². The molecular formula is C47H31N3. The summed E-state index contributed by atoms with van der Waals surface area (Å²) in [5.74, 6) is 0. The van der Waals surface area contributed by atoms with Crippen molar-refractivity contribution in [3.8, 4) is 50.3 Å². The van der Waals surface area contributed by atoms with E-state index in [-0.39, 0.29) is 0 Å². The molecular weight excluding hydrogens is 607 g/mol. The number of benzene rings is 7. The average molecular weight is 638 g/mol. The van der Waals surface area contributed by atoms with Gasteiger partial charge in [0.2, 0.25) is 0 Å². The van der Waals surface area contributed by atoms with Crippen LogP contribution in [-0.4, -0.2) is 9.55 Å². The maximum atomic E-state index is 4.86. The van der Waals surface area contributed by atoms with Crippen LogP contribution in [0.4, 0.5) is 17.1 Å². The minimum atomic E-state index is 1.02. The molecule has 0 unspecified atom stereocenters. The highest BCUT2D eigenvalue weighted by Crippen LogP contribution is 2.54. The molecule has 0 bridgehead atoms. The van der Waals surface area contributed by atoms with E-state index in [1.165, 1.54) is 55.2 Å². The van der Waals surface area contributed by atoms with Gasteiger partial charge in [-0.1, -0.05) is 140 Å².